The molecular weight excluding hydrogens is 440 g/mol. The number of ether oxygens (including phenoxy) is 2. The van der Waals surface area contributed by atoms with E-state index in [4.69, 9.17) is 20.0 Å². The highest BCUT2D eigenvalue weighted by Crippen LogP contribution is 2.28. The van der Waals surface area contributed by atoms with Gasteiger partial charge in [-0.2, -0.15) is 10.5 Å². The van der Waals surface area contributed by atoms with Crippen LogP contribution in [0.3, 0.4) is 0 Å². The molecule has 2 N–H and O–H groups in total. The summed E-state index contributed by atoms with van der Waals surface area (Å²) in [4.78, 5) is 24.8. The fraction of sp³-hybridized carbons (Fsp3) is 0.333. The molecule has 0 aliphatic carbocycles. The largest absolute Gasteiger partial charge is 0.489 e. The summed E-state index contributed by atoms with van der Waals surface area (Å²) < 4.78 is 11.4. The topological polar surface area (TPSA) is 124 Å². The van der Waals surface area contributed by atoms with Crippen LogP contribution in [0.1, 0.15) is 38.8 Å². The Bertz CT molecular complexity index is 1000. The monoisotopic (exact) mass is 466 g/mol. The molecule has 2 aromatic rings. The molecule has 0 heterocycles. The first-order valence-corrected chi connectivity index (χ1v) is 11.5. The van der Waals surface area contributed by atoms with Crippen LogP contribution in [0.15, 0.2) is 36.4 Å². The Morgan fingerprint density at radius 1 is 0.818 bits per heavy atom. The number of nitrogens with zero attached hydrogens (tertiary/aromatic N) is 2. The van der Waals surface area contributed by atoms with Crippen molar-refractivity contribution in [3.63, 3.8) is 0 Å². The quantitative estimate of drug-likeness (QED) is 0.534. The molecule has 2 amide bonds. The predicted molar refractivity (Wildman–Crippen MR) is 128 cm³/mol. The molecule has 2 rings (SSSR count). The van der Waals surface area contributed by atoms with E-state index in [1.165, 1.54) is 0 Å². The van der Waals surface area contributed by atoms with Crippen molar-refractivity contribution in [2.75, 3.05) is 22.1 Å². The minimum absolute atomic E-state index is 0.0267. The maximum absolute atomic E-state index is 12.4. The lowest BCUT2D eigenvalue weighted by Gasteiger charge is -2.16. The van der Waals surface area contributed by atoms with Gasteiger partial charge in [-0.25, -0.2) is 0 Å². The van der Waals surface area contributed by atoms with Gasteiger partial charge in [0.05, 0.1) is 58.4 Å². The van der Waals surface area contributed by atoms with Gasteiger partial charge in [0, 0.05) is 0 Å². The minimum atomic E-state index is -0.327. The standard InChI is InChI=1S/C24H26N4O4S/c1-15(2)31-21-7-5-17(11-25)9-19(21)27-23(29)13-33-14-24(30)28-20-10-18(12-26)6-8-22(20)32-16(3)4/h5-10,15-16H,13-14H2,1-4H3,(H,27,29)(H,28,30). The van der Waals surface area contributed by atoms with Crippen LogP contribution >= 0.6 is 11.8 Å². The van der Waals surface area contributed by atoms with Crippen molar-refractivity contribution in [3.05, 3.63) is 47.5 Å². The molecular formula is C24H26N4O4S. The van der Waals surface area contributed by atoms with Crippen LogP contribution in [-0.2, 0) is 9.59 Å². The van der Waals surface area contributed by atoms with Crippen molar-refractivity contribution in [3.8, 4) is 23.6 Å². The van der Waals surface area contributed by atoms with Crippen LogP contribution in [0.25, 0.3) is 0 Å². The van der Waals surface area contributed by atoms with Crippen molar-refractivity contribution in [2.24, 2.45) is 0 Å². The Balaban J connectivity index is 1.95. The van der Waals surface area contributed by atoms with Gasteiger partial charge >= 0.3 is 0 Å². The first kappa shape index (κ1) is 25.6. The zero-order valence-corrected chi connectivity index (χ0v) is 19.8. The number of carbonyl (C=O) groups is 2. The molecule has 0 aromatic heterocycles. The lowest BCUT2D eigenvalue weighted by atomic mass is 10.2. The van der Waals surface area contributed by atoms with Gasteiger partial charge in [-0.15, -0.1) is 11.8 Å². The molecule has 0 aliphatic heterocycles. The Hall–Kier alpha value is -3.69. The van der Waals surface area contributed by atoms with Crippen LogP contribution in [0.4, 0.5) is 11.4 Å². The number of carbonyl (C=O) groups excluding carboxylic acids is 2. The average Bonchev–Trinajstić information content (AvgIpc) is 2.75. The lowest BCUT2D eigenvalue weighted by Crippen LogP contribution is -2.20. The SMILES string of the molecule is CC(C)Oc1ccc(C#N)cc1NC(=O)CSCC(=O)Nc1cc(C#N)ccc1OC(C)C. The number of nitrogens with one attached hydrogen (secondary N) is 2. The van der Waals surface area contributed by atoms with E-state index in [0.717, 1.165) is 11.8 Å². The van der Waals surface area contributed by atoms with Crippen molar-refractivity contribution in [2.45, 2.75) is 39.9 Å². The van der Waals surface area contributed by atoms with Gasteiger partial charge in [0.25, 0.3) is 0 Å². The maximum atomic E-state index is 12.4. The van der Waals surface area contributed by atoms with Gasteiger partial charge in [0.15, 0.2) is 0 Å². The highest BCUT2D eigenvalue weighted by atomic mass is 32.2. The predicted octanol–water partition coefficient (Wildman–Crippen LogP) is 4.31. The molecule has 0 spiro atoms. The fourth-order valence-electron chi connectivity index (χ4n) is 2.72. The Morgan fingerprint density at radius 3 is 1.55 bits per heavy atom. The third-order valence-corrected chi connectivity index (χ3v) is 4.89. The van der Waals surface area contributed by atoms with Crippen molar-refractivity contribution in [1.29, 1.82) is 10.5 Å². The zero-order valence-electron chi connectivity index (χ0n) is 19.0. The summed E-state index contributed by atoms with van der Waals surface area (Å²) in [6.45, 7) is 7.45. The summed E-state index contributed by atoms with van der Waals surface area (Å²) in [6, 6.07) is 13.7. The highest BCUT2D eigenvalue weighted by molar-refractivity contribution is 8.00. The van der Waals surface area contributed by atoms with Crippen LogP contribution < -0.4 is 20.1 Å². The number of anilines is 2. The third kappa shape index (κ3) is 8.40. The second-order valence-electron chi connectivity index (χ2n) is 7.57. The fourth-order valence-corrected chi connectivity index (χ4v) is 3.33. The lowest BCUT2D eigenvalue weighted by molar-refractivity contribution is -0.114. The zero-order chi connectivity index (χ0) is 24.4. The van der Waals surface area contributed by atoms with E-state index in [2.05, 4.69) is 10.6 Å². The van der Waals surface area contributed by atoms with Gasteiger partial charge in [0.2, 0.25) is 11.8 Å². The Morgan fingerprint density at radius 2 is 1.21 bits per heavy atom. The first-order chi connectivity index (χ1) is 15.7. The van der Waals surface area contributed by atoms with Gasteiger partial charge < -0.3 is 20.1 Å². The van der Waals surface area contributed by atoms with E-state index >= 15 is 0 Å². The number of rotatable bonds is 10. The summed E-state index contributed by atoms with van der Waals surface area (Å²) in [5, 5.41) is 23.7. The second-order valence-corrected chi connectivity index (χ2v) is 8.55. The average molecular weight is 467 g/mol. The molecule has 8 nitrogen and oxygen atoms in total. The van der Waals surface area contributed by atoms with E-state index in [0.29, 0.717) is 34.0 Å². The molecule has 0 saturated carbocycles. The van der Waals surface area contributed by atoms with Gasteiger partial charge in [-0.05, 0) is 64.1 Å². The third-order valence-electron chi connectivity index (χ3n) is 3.96. The van der Waals surface area contributed by atoms with Gasteiger partial charge in [-0.1, -0.05) is 0 Å². The smallest absolute Gasteiger partial charge is 0.234 e. The van der Waals surface area contributed by atoms with E-state index < -0.39 is 0 Å². The molecule has 0 radical (unpaired) electrons. The molecule has 0 unspecified atom stereocenters. The summed E-state index contributed by atoms with van der Waals surface area (Å²) in [5.41, 5.74) is 1.60. The minimum Gasteiger partial charge on any atom is -0.489 e. The highest BCUT2D eigenvalue weighted by Gasteiger charge is 2.14. The number of amides is 2. The number of nitriles is 2. The summed E-state index contributed by atoms with van der Waals surface area (Å²) in [7, 11) is 0. The van der Waals surface area contributed by atoms with Crippen molar-refractivity contribution in [1.82, 2.24) is 0 Å². The van der Waals surface area contributed by atoms with Crippen molar-refractivity contribution < 1.29 is 19.1 Å². The molecule has 0 saturated heterocycles. The van der Waals surface area contributed by atoms with Crippen molar-refractivity contribution >= 4 is 35.0 Å². The summed E-state index contributed by atoms with van der Waals surface area (Å²) >= 11 is 1.13. The van der Waals surface area contributed by atoms with E-state index in [9.17, 15) is 9.59 Å². The van der Waals surface area contributed by atoms with Crippen LogP contribution in [0, 0.1) is 22.7 Å². The van der Waals surface area contributed by atoms with E-state index in [1.54, 1.807) is 36.4 Å². The molecule has 0 aliphatic rings. The number of hydrogen-bond donors (Lipinski definition) is 2. The van der Waals surface area contributed by atoms with Crippen LogP contribution in [0.2, 0.25) is 0 Å². The molecule has 9 heteroatoms. The van der Waals surface area contributed by atoms with E-state index in [1.807, 2.05) is 39.8 Å². The normalized spacial score (nSPS) is 10.3. The Labute approximate surface area is 197 Å². The molecule has 0 bridgehead atoms. The Kier molecular flexibility index (Phi) is 9.59. The molecule has 0 atom stereocenters. The number of hydrogen-bond acceptors (Lipinski definition) is 7. The van der Waals surface area contributed by atoms with Crippen LogP contribution in [-0.4, -0.2) is 35.5 Å². The van der Waals surface area contributed by atoms with Gasteiger partial charge in [0.1, 0.15) is 11.5 Å². The maximum Gasteiger partial charge on any atom is 0.234 e. The number of thioether (sulfide) groups is 1. The second kappa shape index (κ2) is 12.4. The van der Waals surface area contributed by atoms with E-state index in [-0.39, 0.29) is 35.5 Å². The first-order valence-electron chi connectivity index (χ1n) is 10.3. The van der Waals surface area contributed by atoms with Crippen LogP contribution in [0.5, 0.6) is 11.5 Å². The number of benzene rings is 2. The molecule has 2 aromatic carbocycles. The molecule has 0 fully saturated rings. The van der Waals surface area contributed by atoms with Gasteiger partial charge in [-0.3, -0.25) is 9.59 Å². The molecule has 172 valence electrons. The molecule has 33 heavy (non-hydrogen) atoms. The summed E-state index contributed by atoms with van der Waals surface area (Å²) in [5.74, 6) is 0.335. The summed E-state index contributed by atoms with van der Waals surface area (Å²) in [6.07, 6.45) is -0.202.